The van der Waals surface area contributed by atoms with E-state index in [-0.39, 0.29) is 12.0 Å². The first-order valence-electron chi connectivity index (χ1n) is 7.22. The lowest BCUT2D eigenvalue weighted by molar-refractivity contribution is 0.0954. The van der Waals surface area contributed by atoms with Gasteiger partial charge in [-0.25, -0.2) is 5.43 Å². The number of amides is 1. The highest BCUT2D eigenvalue weighted by atomic mass is 16.5. The zero-order valence-electron chi connectivity index (χ0n) is 13.4. The minimum atomic E-state index is -0.260. The van der Waals surface area contributed by atoms with E-state index in [1.807, 2.05) is 27.7 Å². The van der Waals surface area contributed by atoms with E-state index in [2.05, 4.69) is 10.5 Å². The van der Waals surface area contributed by atoms with Crippen molar-refractivity contribution >= 4 is 11.6 Å². The van der Waals surface area contributed by atoms with Crippen LogP contribution in [-0.4, -0.2) is 24.8 Å². The van der Waals surface area contributed by atoms with Gasteiger partial charge in [-0.2, -0.15) is 5.10 Å². The predicted molar refractivity (Wildman–Crippen MR) is 84.2 cm³/mol. The molecular weight excluding hydrogens is 268 g/mol. The molecule has 1 aromatic carbocycles. The summed E-state index contributed by atoms with van der Waals surface area (Å²) in [6, 6.07) is 5.08. The summed E-state index contributed by atoms with van der Waals surface area (Å²) in [6.45, 7) is 7.89. The number of nitrogens with one attached hydrogen (secondary N) is 1. The van der Waals surface area contributed by atoms with Crippen LogP contribution in [-0.2, 0) is 0 Å². The quantitative estimate of drug-likeness (QED) is 0.619. The Morgan fingerprint density at radius 3 is 2.43 bits per heavy atom. The molecule has 0 aliphatic carbocycles. The highest BCUT2D eigenvalue weighted by Gasteiger charge is 2.12. The van der Waals surface area contributed by atoms with Crippen LogP contribution < -0.4 is 14.9 Å². The molecule has 1 aromatic rings. The van der Waals surface area contributed by atoms with Gasteiger partial charge in [0.25, 0.3) is 5.91 Å². The van der Waals surface area contributed by atoms with Crippen molar-refractivity contribution in [2.24, 2.45) is 5.10 Å². The first kappa shape index (κ1) is 17.0. The number of carbonyl (C=O) groups is 1. The molecule has 5 heteroatoms. The number of ether oxygens (including phenoxy) is 2. The molecule has 0 fully saturated rings. The van der Waals surface area contributed by atoms with Gasteiger partial charge in [0, 0.05) is 11.3 Å². The van der Waals surface area contributed by atoms with Gasteiger partial charge in [0.1, 0.15) is 0 Å². The van der Waals surface area contributed by atoms with E-state index in [9.17, 15) is 4.79 Å². The number of hydrogen-bond donors (Lipinski definition) is 1. The zero-order chi connectivity index (χ0) is 15.8. The van der Waals surface area contributed by atoms with Crippen LogP contribution in [0.4, 0.5) is 0 Å². The van der Waals surface area contributed by atoms with Gasteiger partial charge >= 0.3 is 0 Å². The molecule has 0 atom stereocenters. The normalized spacial score (nSPS) is 10.2. The monoisotopic (exact) mass is 292 g/mol. The van der Waals surface area contributed by atoms with Gasteiger partial charge < -0.3 is 9.47 Å². The molecule has 21 heavy (non-hydrogen) atoms. The second-order valence-electron chi connectivity index (χ2n) is 4.86. The molecule has 0 radical (unpaired) electrons. The number of rotatable bonds is 7. The smallest absolute Gasteiger partial charge is 0.271 e. The summed E-state index contributed by atoms with van der Waals surface area (Å²) in [7, 11) is 1.55. The third-order valence-corrected chi connectivity index (χ3v) is 2.92. The first-order valence-corrected chi connectivity index (χ1v) is 7.22. The van der Waals surface area contributed by atoms with Gasteiger partial charge in [0.05, 0.1) is 13.2 Å². The van der Waals surface area contributed by atoms with Gasteiger partial charge in [-0.15, -0.1) is 0 Å². The second kappa shape index (κ2) is 8.29. The molecular formula is C16H24N2O3. The molecule has 0 aromatic heterocycles. The standard InChI is InChI=1S/C16H24N2O3/c1-6-13(7-2)17-18-16(19)12-8-9-14(21-11(3)4)15(10-12)20-5/h8-11H,6-7H2,1-5H3,(H,18,19). The topological polar surface area (TPSA) is 59.9 Å². The summed E-state index contributed by atoms with van der Waals surface area (Å²) >= 11 is 0. The minimum absolute atomic E-state index is 0.0415. The Morgan fingerprint density at radius 1 is 1.24 bits per heavy atom. The van der Waals surface area contributed by atoms with E-state index >= 15 is 0 Å². The number of hydrazone groups is 1. The maximum absolute atomic E-state index is 12.1. The highest BCUT2D eigenvalue weighted by molar-refractivity contribution is 5.96. The Balaban J connectivity index is 2.88. The molecule has 0 saturated heterocycles. The molecule has 0 spiro atoms. The van der Waals surface area contributed by atoms with Crippen molar-refractivity contribution in [1.29, 1.82) is 0 Å². The predicted octanol–water partition coefficient (Wildman–Crippen LogP) is 3.39. The van der Waals surface area contributed by atoms with Gasteiger partial charge in [-0.3, -0.25) is 4.79 Å². The number of carbonyl (C=O) groups excluding carboxylic acids is 1. The van der Waals surface area contributed by atoms with E-state index in [4.69, 9.17) is 9.47 Å². The van der Waals surface area contributed by atoms with Gasteiger partial charge in [0.15, 0.2) is 11.5 Å². The van der Waals surface area contributed by atoms with Crippen molar-refractivity contribution in [3.8, 4) is 11.5 Å². The van der Waals surface area contributed by atoms with Crippen molar-refractivity contribution < 1.29 is 14.3 Å². The molecule has 0 aliphatic rings. The number of benzene rings is 1. The van der Waals surface area contributed by atoms with Crippen molar-refractivity contribution in [2.45, 2.75) is 46.6 Å². The third kappa shape index (κ3) is 5.10. The summed E-state index contributed by atoms with van der Waals surface area (Å²) in [5.41, 5.74) is 4.00. The summed E-state index contributed by atoms with van der Waals surface area (Å²) in [6.07, 6.45) is 1.68. The molecule has 0 bridgehead atoms. The lowest BCUT2D eigenvalue weighted by atomic mass is 10.2. The minimum Gasteiger partial charge on any atom is -0.493 e. The average Bonchev–Trinajstić information content (AvgIpc) is 2.47. The van der Waals surface area contributed by atoms with Crippen LogP contribution >= 0.6 is 0 Å². The summed E-state index contributed by atoms with van der Waals surface area (Å²) in [4.78, 5) is 12.1. The van der Waals surface area contributed by atoms with Crippen LogP contribution in [0.1, 0.15) is 50.9 Å². The maximum Gasteiger partial charge on any atom is 0.271 e. The van der Waals surface area contributed by atoms with Crippen molar-refractivity contribution in [3.63, 3.8) is 0 Å². The van der Waals surface area contributed by atoms with E-state index in [0.717, 1.165) is 18.6 Å². The van der Waals surface area contributed by atoms with Crippen LogP contribution in [0, 0.1) is 0 Å². The SMILES string of the molecule is CCC(CC)=NNC(=O)c1ccc(OC(C)C)c(OC)c1. The zero-order valence-corrected chi connectivity index (χ0v) is 13.4. The van der Waals surface area contributed by atoms with Crippen LogP contribution in [0.15, 0.2) is 23.3 Å². The fourth-order valence-electron chi connectivity index (χ4n) is 1.76. The van der Waals surface area contributed by atoms with Crippen LogP contribution in [0.2, 0.25) is 0 Å². The highest BCUT2D eigenvalue weighted by Crippen LogP contribution is 2.28. The Morgan fingerprint density at radius 2 is 1.90 bits per heavy atom. The number of methoxy groups -OCH3 is 1. The second-order valence-corrected chi connectivity index (χ2v) is 4.86. The van der Waals surface area contributed by atoms with Crippen LogP contribution in [0.3, 0.4) is 0 Å². The van der Waals surface area contributed by atoms with E-state index in [1.165, 1.54) is 0 Å². The van der Waals surface area contributed by atoms with Gasteiger partial charge in [-0.1, -0.05) is 13.8 Å². The first-order chi connectivity index (χ1) is 10.0. The molecule has 116 valence electrons. The Labute approximate surface area is 126 Å². The van der Waals surface area contributed by atoms with Crippen molar-refractivity contribution in [1.82, 2.24) is 5.43 Å². The third-order valence-electron chi connectivity index (χ3n) is 2.92. The van der Waals surface area contributed by atoms with Crippen molar-refractivity contribution in [2.75, 3.05) is 7.11 Å². The lowest BCUT2D eigenvalue weighted by Gasteiger charge is -2.14. The Kier molecular flexibility index (Phi) is 6.72. The summed E-state index contributed by atoms with van der Waals surface area (Å²) in [5.74, 6) is 0.894. The molecule has 1 rings (SSSR count). The number of hydrogen-bond acceptors (Lipinski definition) is 4. The molecule has 0 heterocycles. The molecule has 0 saturated carbocycles. The molecule has 1 amide bonds. The lowest BCUT2D eigenvalue weighted by Crippen LogP contribution is -2.19. The Hall–Kier alpha value is -2.04. The van der Waals surface area contributed by atoms with Gasteiger partial charge in [-0.05, 0) is 44.9 Å². The molecule has 1 N–H and O–H groups in total. The van der Waals surface area contributed by atoms with Crippen LogP contribution in [0.5, 0.6) is 11.5 Å². The van der Waals surface area contributed by atoms with E-state index < -0.39 is 0 Å². The number of nitrogens with zero attached hydrogens (tertiary/aromatic N) is 1. The summed E-state index contributed by atoms with van der Waals surface area (Å²) < 4.78 is 10.9. The fraction of sp³-hybridized carbons (Fsp3) is 0.500. The Bertz CT molecular complexity index is 504. The van der Waals surface area contributed by atoms with Gasteiger partial charge in [0.2, 0.25) is 0 Å². The summed E-state index contributed by atoms with van der Waals surface area (Å²) in [5, 5.41) is 4.11. The molecule has 5 nitrogen and oxygen atoms in total. The fourth-order valence-corrected chi connectivity index (χ4v) is 1.76. The average molecular weight is 292 g/mol. The molecule has 0 aliphatic heterocycles. The molecule has 0 unspecified atom stereocenters. The van der Waals surface area contributed by atoms with Crippen LogP contribution in [0.25, 0.3) is 0 Å². The van der Waals surface area contributed by atoms with Crippen molar-refractivity contribution in [3.05, 3.63) is 23.8 Å². The largest absolute Gasteiger partial charge is 0.493 e. The maximum atomic E-state index is 12.1. The van der Waals surface area contributed by atoms with E-state index in [0.29, 0.717) is 17.1 Å². The van der Waals surface area contributed by atoms with E-state index in [1.54, 1.807) is 25.3 Å².